The molecule has 1 aromatic carbocycles. The lowest BCUT2D eigenvalue weighted by Gasteiger charge is -2.06. The summed E-state index contributed by atoms with van der Waals surface area (Å²) in [5, 5.41) is 9.85. The summed E-state index contributed by atoms with van der Waals surface area (Å²) < 4.78 is 0. The number of halogens is 1. The molecule has 1 aromatic heterocycles. The van der Waals surface area contributed by atoms with E-state index in [1.807, 2.05) is 24.3 Å². The number of carboxylic acids is 1. The molecule has 1 aliphatic carbocycles. The van der Waals surface area contributed by atoms with Crippen molar-refractivity contribution in [3.05, 3.63) is 58.1 Å². The molecule has 0 radical (unpaired) electrons. The van der Waals surface area contributed by atoms with Crippen molar-refractivity contribution in [3.8, 4) is 0 Å². The van der Waals surface area contributed by atoms with Crippen molar-refractivity contribution in [2.45, 2.75) is 25.2 Å². The predicted octanol–water partition coefficient (Wildman–Crippen LogP) is 3.30. The van der Waals surface area contributed by atoms with Crippen LogP contribution in [0.2, 0.25) is 5.02 Å². The van der Waals surface area contributed by atoms with E-state index in [0.29, 0.717) is 23.0 Å². The lowest BCUT2D eigenvalue weighted by molar-refractivity contribution is 0.0694. The van der Waals surface area contributed by atoms with Crippen molar-refractivity contribution in [1.29, 1.82) is 0 Å². The van der Waals surface area contributed by atoms with Crippen molar-refractivity contribution in [2.75, 3.05) is 0 Å². The predicted molar refractivity (Wildman–Crippen MR) is 75.2 cm³/mol. The zero-order valence-electron chi connectivity index (χ0n) is 10.7. The summed E-state index contributed by atoms with van der Waals surface area (Å²) in [5.74, 6) is -0.0165. The minimum absolute atomic E-state index is 0.229. The van der Waals surface area contributed by atoms with Gasteiger partial charge in [-0.3, -0.25) is 0 Å². The highest BCUT2D eigenvalue weighted by Crippen LogP contribution is 2.40. The van der Waals surface area contributed by atoms with Crippen LogP contribution in [0, 0.1) is 0 Å². The molecule has 0 saturated heterocycles. The molecule has 0 aliphatic heterocycles. The van der Waals surface area contributed by atoms with Crippen LogP contribution in [0.5, 0.6) is 0 Å². The van der Waals surface area contributed by atoms with E-state index in [-0.39, 0.29) is 11.5 Å². The quantitative estimate of drug-likeness (QED) is 0.937. The van der Waals surface area contributed by atoms with Gasteiger partial charge in [-0.15, -0.1) is 0 Å². The second-order valence-corrected chi connectivity index (χ2v) is 5.40. The fourth-order valence-corrected chi connectivity index (χ4v) is 2.26. The molecule has 1 N–H and O–H groups in total. The summed E-state index contributed by atoms with van der Waals surface area (Å²) in [6, 6.07) is 7.50. The van der Waals surface area contributed by atoms with E-state index in [1.165, 1.54) is 6.20 Å². The number of carboxylic acid groups (broad SMARTS) is 1. The number of carbonyl (C=O) groups is 1. The van der Waals surface area contributed by atoms with Gasteiger partial charge in [0.2, 0.25) is 0 Å². The molecule has 2 aromatic rings. The Bertz CT molecular complexity index is 651. The van der Waals surface area contributed by atoms with Gasteiger partial charge in [0.05, 0.1) is 11.3 Å². The molecule has 0 unspecified atom stereocenters. The van der Waals surface area contributed by atoms with Crippen molar-refractivity contribution in [2.24, 2.45) is 0 Å². The Morgan fingerprint density at radius 2 is 2.00 bits per heavy atom. The molecule has 20 heavy (non-hydrogen) atoms. The van der Waals surface area contributed by atoms with Gasteiger partial charge in [-0.1, -0.05) is 23.7 Å². The normalized spacial score (nSPS) is 14.2. The van der Waals surface area contributed by atoms with Crippen LogP contribution in [0.4, 0.5) is 0 Å². The maximum Gasteiger partial charge on any atom is 0.339 e. The van der Waals surface area contributed by atoms with Crippen LogP contribution in [-0.4, -0.2) is 21.0 Å². The molecule has 4 nitrogen and oxygen atoms in total. The van der Waals surface area contributed by atoms with Crippen molar-refractivity contribution in [1.82, 2.24) is 9.97 Å². The largest absolute Gasteiger partial charge is 0.478 e. The molecule has 1 fully saturated rings. The van der Waals surface area contributed by atoms with Gasteiger partial charge in [0.15, 0.2) is 0 Å². The minimum atomic E-state index is -0.954. The second-order valence-electron chi connectivity index (χ2n) is 4.97. The van der Waals surface area contributed by atoms with Crippen molar-refractivity contribution >= 4 is 17.6 Å². The SMILES string of the molecule is O=C(O)c1cnc(Cc2ccc(Cl)cc2)nc1C1CC1. The first kappa shape index (κ1) is 13.1. The first-order chi connectivity index (χ1) is 9.63. The minimum Gasteiger partial charge on any atom is -0.478 e. The monoisotopic (exact) mass is 288 g/mol. The zero-order chi connectivity index (χ0) is 14.1. The maximum absolute atomic E-state index is 11.2. The number of rotatable bonds is 4. The van der Waals surface area contributed by atoms with E-state index in [4.69, 9.17) is 16.7 Å². The molecule has 102 valence electrons. The third kappa shape index (κ3) is 2.80. The highest BCUT2D eigenvalue weighted by atomic mass is 35.5. The van der Waals surface area contributed by atoms with Gasteiger partial charge < -0.3 is 5.11 Å². The van der Waals surface area contributed by atoms with E-state index < -0.39 is 5.97 Å². The second kappa shape index (κ2) is 5.21. The van der Waals surface area contributed by atoms with E-state index >= 15 is 0 Å². The molecule has 5 heteroatoms. The number of aromatic carboxylic acids is 1. The van der Waals surface area contributed by atoms with Crippen LogP contribution in [0.3, 0.4) is 0 Å². The van der Waals surface area contributed by atoms with Gasteiger partial charge in [0, 0.05) is 23.6 Å². The fraction of sp³-hybridized carbons (Fsp3) is 0.267. The van der Waals surface area contributed by atoms with Crippen LogP contribution in [0.1, 0.15) is 46.2 Å². The van der Waals surface area contributed by atoms with Crippen LogP contribution in [-0.2, 0) is 6.42 Å². The van der Waals surface area contributed by atoms with E-state index in [2.05, 4.69) is 9.97 Å². The third-order valence-corrected chi connectivity index (χ3v) is 3.59. The smallest absolute Gasteiger partial charge is 0.339 e. The topological polar surface area (TPSA) is 63.1 Å². The molecule has 1 aliphatic rings. The molecule has 0 amide bonds. The maximum atomic E-state index is 11.2. The first-order valence-corrected chi connectivity index (χ1v) is 6.85. The molecule has 0 bridgehead atoms. The lowest BCUT2D eigenvalue weighted by atomic mass is 10.1. The molecule has 1 saturated carbocycles. The molecule has 3 rings (SSSR count). The van der Waals surface area contributed by atoms with E-state index in [1.54, 1.807) is 0 Å². The Labute approximate surface area is 121 Å². The summed E-state index contributed by atoms with van der Waals surface area (Å²) in [5.41, 5.74) is 1.96. The van der Waals surface area contributed by atoms with Crippen LogP contribution in [0.15, 0.2) is 30.5 Å². The number of hydrogen-bond acceptors (Lipinski definition) is 3. The van der Waals surface area contributed by atoms with Gasteiger partial charge >= 0.3 is 5.97 Å². The van der Waals surface area contributed by atoms with Gasteiger partial charge in [-0.2, -0.15) is 0 Å². The Balaban J connectivity index is 1.88. The van der Waals surface area contributed by atoms with Gasteiger partial charge in [0.25, 0.3) is 0 Å². The van der Waals surface area contributed by atoms with Crippen LogP contribution < -0.4 is 0 Å². The number of nitrogens with zero attached hydrogens (tertiary/aromatic N) is 2. The van der Waals surface area contributed by atoms with Gasteiger partial charge in [0.1, 0.15) is 5.82 Å². The summed E-state index contributed by atoms with van der Waals surface area (Å²) in [6.45, 7) is 0. The summed E-state index contributed by atoms with van der Waals surface area (Å²) in [6.07, 6.45) is 4.03. The van der Waals surface area contributed by atoms with Crippen LogP contribution >= 0.6 is 11.6 Å². The average Bonchev–Trinajstić information content (AvgIpc) is 3.25. The van der Waals surface area contributed by atoms with E-state index in [9.17, 15) is 4.79 Å². The first-order valence-electron chi connectivity index (χ1n) is 6.47. The number of benzene rings is 1. The molecular weight excluding hydrogens is 276 g/mol. The summed E-state index contributed by atoms with van der Waals surface area (Å²) in [4.78, 5) is 19.8. The number of aromatic nitrogens is 2. The highest BCUT2D eigenvalue weighted by molar-refractivity contribution is 6.30. The highest BCUT2D eigenvalue weighted by Gasteiger charge is 2.30. The molecule has 1 heterocycles. The van der Waals surface area contributed by atoms with Crippen LogP contribution in [0.25, 0.3) is 0 Å². The Morgan fingerprint density at radius 3 is 2.60 bits per heavy atom. The van der Waals surface area contributed by atoms with Gasteiger partial charge in [-0.25, -0.2) is 14.8 Å². The Hall–Kier alpha value is -1.94. The summed E-state index contributed by atoms with van der Waals surface area (Å²) in [7, 11) is 0. The zero-order valence-corrected chi connectivity index (χ0v) is 11.5. The lowest BCUT2D eigenvalue weighted by Crippen LogP contribution is -2.08. The average molecular weight is 289 g/mol. The standard InChI is InChI=1S/C15H13ClN2O2/c16-11-5-1-9(2-6-11)7-13-17-8-12(15(19)20)14(18-13)10-3-4-10/h1-2,5-6,8,10H,3-4,7H2,(H,19,20). The molecular formula is C15H13ClN2O2. The summed E-state index contributed by atoms with van der Waals surface area (Å²) >= 11 is 5.85. The van der Waals surface area contributed by atoms with Crippen molar-refractivity contribution in [3.63, 3.8) is 0 Å². The Kier molecular flexibility index (Phi) is 3.40. The molecule has 0 atom stereocenters. The third-order valence-electron chi connectivity index (χ3n) is 3.34. The van der Waals surface area contributed by atoms with E-state index in [0.717, 1.165) is 18.4 Å². The Morgan fingerprint density at radius 1 is 1.30 bits per heavy atom. The fourth-order valence-electron chi connectivity index (χ4n) is 2.14. The number of hydrogen-bond donors (Lipinski definition) is 1. The molecule has 0 spiro atoms. The van der Waals surface area contributed by atoms with Gasteiger partial charge in [-0.05, 0) is 30.5 Å². The van der Waals surface area contributed by atoms with Crippen molar-refractivity contribution < 1.29 is 9.90 Å².